The summed E-state index contributed by atoms with van der Waals surface area (Å²) in [7, 11) is 0. The first-order valence-corrected chi connectivity index (χ1v) is 5.25. The van der Waals surface area contributed by atoms with Crippen molar-refractivity contribution in [2.24, 2.45) is 0 Å². The number of hydrogen-bond acceptors (Lipinski definition) is 4. The SMILES string of the molecule is O=[N+]([O-])c1ccc(C2(OO)CCCC2)cc1. The van der Waals surface area contributed by atoms with Crippen LogP contribution in [0.1, 0.15) is 31.2 Å². The first-order chi connectivity index (χ1) is 7.68. The molecule has 0 saturated heterocycles. The molecule has 86 valence electrons. The van der Waals surface area contributed by atoms with E-state index in [-0.39, 0.29) is 5.69 Å². The van der Waals surface area contributed by atoms with Crippen LogP contribution in [0, 0.1) is 10.1 Å². The maximum Gasteiger partial charge on any atom is 0.269 e. The predicted octanol–water partition coefficient (Wildman–Crippen LogP) is 2.85. The number of nitrogens with zero attached hydrogens (tertiary/aromatic N) is 1. The van der Waals surface area contributed by atoms with Gasteiger partial charge in [0.2, 0.25) is 0 Å². The highest BCUT2D eigenvalue weighted by Crippen LogP contribution is 2.41. The van der Waals surface area contributed by atoms with Crippen molar-refractivity contribution < 1.29 is 15.1 Å². The van der Waals surface area contributed by atoms with Gasteiger partial charge in [-0.05, 0) is 43.4 Å². The van der Waals surface area contributed by atoms with Crippen molar-refractivity contribution in [3.05, 3.63) is 39.9 Å². The highest BCUT2D eigenvalue weighted by atomic mass is 17.1. The third-order valence-corrected chi connectivity index (χ3v) is 3.19. The Labute approximate surface area is 92.7 Å². The summed E-state index contributed by atoms with van der Waals surface area (Å²) < 4.78 is 0. The minimum Gasteiger partial charge on any atom is -0.258 e. The van der Waals surface area contributed by atoms with E-state index in [1.54, 1.807) is 12.1 Å². The van der Waals surface area contributed by atoms with Crippen LogP contribution in [0.3, 0.4) is 0 Å². The minimum absolute atomic E-state index is 0.0508. The standard InChI is InChI=1S/C11H13NO4/c13-12(14)10-5-3-9(4-6-10)11(16-15)7-1-2-8-11/h3-6,15H,1-2,7-8H2. The maximum absolute atomic E-state index is 10.5. The largest absolute Gasteiger partial charge is 0.269 e. The van der Waals surface area contributed by atoms with E-state index >= 15 is 0 Å². The summed E-state index contributed by atoms with van der Waals surface area (Å²) in [6.07, 6.45) is 3.50. The van der Waals surface area contributed by atoms with Crippen LogP contribution in [-0.4, -0.2) is 10.2 Å². The highest BCUT2D eigenvalue weighted by molar-refractivity contribution is 5.35. The van der Waals surface area contributed by atoms with Gasteiger partial charge < -0.3 is 0 Å². The van der Waals surface area contributed by atoms with E-state index in [1.807, 2.05) is 0 Å². The van der Waals surface area contributed by atoms with Crippen molar-refractivity contribution in [2.75, 3.05) is 0 Å². The molecule has 0 spiro atoms. The second-order valence-electron chi connectivity index (χ2n) is 4.10. The average Bonchev–Trinajstić information content (AvgIpc) is 2.79. The molecule has 5 heteroatoms. The fraction of sp³-hybridized carbons (Fsp3) is 0.455. The molecule has 0 aliphatic heterocycles. The normalized spacial score (nSPS) is 18.6. The van der Waals surface area contributed by atoms with E-state index in [9.17, 15) is 10.1 Å². The van der Waals surface area contributed by atoms with Crippen LogP contribution in [0.15, 0.2) is 24.3 Å². The number of nitro benzene ring substituents is 1. The van der Waals surface area contributed by atoms with E-state index in [4.69, 9.17) is 5.26 Å². The van der Waals surface area contributed by atoms with E-state index in [0.717, 1.165) is 31.2 Å². The fourth-order valence-corrected chi connectivity index (χ4v) is 2.27. The molecule has 1 saturated carbocycles. The molecule has 0 atom stereocenters. The summed E-state index contributed by atoms with van der Waals surface area (Å²) in [5, 5.41) is 19.5. The van der Waals surface area contributed by atoms with Gasteiger partial charge in [0.1, 0.15) is 5.60 Å². The van der Waals surface area contributed by atoms with Gasteiger partial charge in [0.05, 0.1) is 4.92 Å². The molecule has 16 heavy (non-hydrogen) atoms. The zero-order valence-corrected chi connectivity index (χ0v) is 8.76. The third kappa shape index (κ3) is 1.79. The smallest absolute Gasteiger partial charge is 0.258 e. The maximum atomic E-state index is 10.5. The van der Waals surface area contributed by atoms with Gasteiger partial charge in [-0.15, -0.1) is 0 Å². The molecule has 1 aromatic carbocycles. The van der Waals surface area contributed by atoms with Gasteiger partial charge in [-0.2, -0.15) is 0 Å². The number of rotatable bonds is 3. The monoisotopic (exact) mass is 223 g/mol. The summed E-state index contributed by atoms with van der Waals surface area (Å²) in [6, 6.07) is 6.18. The van der Waals surface area contributed by atoms with E-state index in [2.05, 4.69) is 4.89 Å². The van der Waals surface area contributed by atoms with Crippen molar-refractivity contribution >= 4 is 5.69 Å². The van der Waals surface area contributed by atoms with Crippen molar-refractivity contribution in [1.29, 1.82) is 0 Å². The molecule has 1 aliphatic rings. The highest BCUT2D eigenvalue weighted by Gasteiger charge is 2.37. The molecule has 0 heterocycles. The Bertz CT molecular complexity index is 381. The molecular weight excluding hydrogens is 210 g/mol. The molecule has 0 radical (unpaired) electrons. The molecule has 0 aromatic heterocycles. The van der Waals surface area contributed by atoms with Crippen molar-refractivity contribution in [1.82, 2.24) is 0 Å². The van der Waals surface area contributed by atoms with Gasteiger partial charge in [0.15, 0.2) is 0 Å². The van der Waals surface area contributed by atoms with E-state index in [1.165, 1.54) is 12.1 Å². The summed E-state index contributed by atoms with van der Waals surface area (Å²) in [5.41, 5.74) is 0.197. The molecule has 0 unspecified atom stereocenters. The first kappa shape index (κ1) is 11.0. The predicted molar refractivity (Wildman–Crippen MR) is 57.0 cm³/mol. The van der Waals surface area contributed by atoms with Gasteiger partial charge in [-0.3, -0.25) is 15.4 Å². The number of benzene rings is 1. The van der Waals surface area contributed by atoms with Crippen LogP contribution in [0.25, 0.3) is 0 Å². The first-order valence-electron chi connectivity index (χ1n) is 5.25. The zero-order chi connectivity index (χ0) is 11.6. The summed E-state index contributed by atoms with van der Waals surface area (Å²) in [4.78, 5) is 14.7. The summed E-state index contributed by atoms with van der Waals surface area (Å²) in [6.45, 7) is 0. The molecule has 2 rings (SSSR count). The molecule has 1 fully saturated rings. The Hall–Kier alpha value is -1.46. The van der Waals surface area contributed by atoms with Crippen LogP contribution < -0.4 is 0 Å². The van der Waals surface area contributed by atoms with Gasteiger partial charge in [0.25, 0.3) is 5.69 Å². The molecule has 1 N–H and O–H groups in total. The van der Waals surface area contributed by atoms with Gasteiger partial charge in [0, 0.05) is 12.1 Å². The molecule has 1 aliphatic carbocycles. The fourth-order valence-electron chi connectivity index (χ4n) is 2.27. The van der Waals surface area contributed by atoms with Gasteiger partial charge >= 0.3 is 0 Å². The molecule has 0 amide bonds. The van der Waals surface area contributed by atoms with Crippen LogP contribution in [-0.2, 0) is 10.5 Å². The average molecular weight is 223 g/mol. The Balaban J connectivity index is 2.29. The number of non-ortho nitro benzene ring substituents is 1. The molecule has 5 nitrogen and oxygen atoms in total. The Morgan fingerprint density at radius 3 is 2.25 bits per heavy atom. The lowest BCUT2D eigenvalue weighted by molar-refractivity contribution is -0.385. The summed E-state index contributed by atoms with van der Waals surface area (Å²) in [5.74, 6) is 0. The Morgan fingerprint density at radius 2 is 1.81 bits per heavy atom. The van der Waals surface area contributed by atoms with Gasteiger partial charge in [-0.1, -0.05) is 0 Å². The Morgan fingerprint density at radius 1 is 1.25 bits per heavy atom. The van der Waals surface area contributed by atoms with Crippen molar-refractivity contribution in [3.8, 4) is 0 Å². The number of hydrogen-bond donors (Lipinski definition) is 1. The van der Waals surface area contributed by atoms with Crippen LogP contribution in [0.4, 0.5) is 5.69 Å². The lowest BCUT2D eigenvalue weighted by Gasteiger charge is -2.25. The lowest BCUT2D eigenvalue weighted by atomic mass is 9.92. The quantitative estimate of drug-likeness (QED) is 0.485. The summed E-state index contributed by atoms with van der Waals surface area (Å²) >= 11 is 0. The van der Waals surface area contributed by atoms with Gasteiger partial charge in [-0.25, -0.2) is 4.89 Å². The lowest BCUT2D eigenvalue weighted by Crippen LogP contribution is -2.24. The topological polar surface area (TPSA) is 72.6 Å². The second-order valence-corrected chi connectivity index (χ2v) is 4.10. The molecule has 1 aromatic rings. The van der Waals surface area contributed by atoms with E-state index in [0.29, 0.717) is 0 Å². The van der Waals surface area contributed by atoms with E-state index < -0.39 is 10.5 Å². The minimum atomic E-state index is -0.658. The van der Waals surface area contributed by atoms with Crippen molar-refractivity contribution in [2.45, 2.75) is 31.3 Å². The molecular formula is C11H13NO4. The van der Waals surface area contributed by atoms with Crippen LogP contribution in [0.5, 0.6) is 0 Å². The molecule has 0 bridgehead atoms. The second kappa shape index (κ2) is 4.19. The third-order valence-electron chi connectivity index (χ3n) is 3.19. The Kier molecular flexibility index (Phi) is 2.89. The van der Waals surface area contributed by atoms with Crippen LogP contribution >= 0.6 is 0 Å². The number of nitro groups is 1. The van der Waals surface area contributed by atoms with Crippen LogP contribution in [0.2, 0.25) is 0 Å². The zero-order valence-electron chi connectivity index (χ0n) is 8.76. The van der Waals surface area contributed by atoms with Crippen molar-refractivity contribution in [3.63, 3.8) is 0 Å².